The summed E-state index contributed by atoms with van der Waals surface area (Å²) < 4.78 is 5.26. The molecule has 1 aromatic rings. The smallest absolute Gasteiger partial charge is 0.0732 e. The Morgan fingerprint density at radius 2 is 2.06 bits per heavy atom. The van der Waals surface area contributed by atoms with Crippen LogP contribution in [0.2, 0.25) is 5.02 Å². The van der Waals surface area contributed by atoms with Crippen LogP contribution in [0.3, 0.4) is 0 Å². The van der Waals surface area contributed by atoms with Gasteiger partial charge < -0.3 is 9.84 Å². The first-order valence-electron chi connectivity index (χ1n) is 5.64. The van der Waals surface area contributed by atoms with Crippen LogP contribution in [0, 0.1) is 6.92 Å². The van der Waals surface area contributed by atoms with Crippen molar-refractivity contribution in [1.29, 1.82) is 0 Å². The Morgan fingerprint density at radius 1 is 1.38 bits per heavy atom. The second kappa shape index (κ2) is 4.74. The van der Waals surface area contributed by atoms with E-state index in [-0.39, 0.29) is 0 Å². The van der Waals surface area contributed by atoms with Crippen molar-refractivity contribution < 1.29 is 9.84 Å². The van der Waals surface area contributed by atoms with Crippen molar-refractivity contribution in [3.05, 3.63) is 34.3 Å². The van der Waals surface area contributed by atoms with Gasteiger partial charge in [-0.1, -0.05) is 23.7 Å². The van der Waals surface area contributed by atoms with E-state index in [9.17, 15) is 5.11 Å². The molecule has 1 aromatic carbocycles. The van der Waals surface area contributed by atoms with Crippen LogP contribution in [-0.2, 0) is 11.2 Å². The highest BCUT2D eigenvalue weighted by molar-refractivity contribution is 6.31. The lowest BCUT2D eigenvalue weighted by molar-refractivity contribution is -0.0625. The third-order valence-electron chi connectivity index (χ3n) is 3.15. The molecule has 3 heteroatoms. The number of aliphatic hydroxyl groups is 1. The number of halogens is 1. The zero-order valence-electron chi connectivity index (χ0n) is 9.50. The molecule has 1 heterocycles. The van der Waals surface area contributed by atoms with Gasteiger partial charge in [-0.15, -0.1) is 0 Å². The van der Waals surface area contributed by atoms with Crippen LogP contribution < -0.4 is 0 Å². The zero-order chi connectivity index (χ0) is 11.6. The van der Waals surface area contributed by atoms with Crippen LogP contribution in [0.5, 0.6) is 0 Å². The van der Waals surface area contributed by atoms with Crippen molar-refractivity contribution in [3.63, 3.8) is 0 Å². The minimum Gasteiger partial charge on any atom is -0.389 e. The molecule has 0 atom stereocenters. The summed E-state index contributed by atoms with van der Waals surface area (Å²) in [6.45, 7) is 3.29. The van der Waals surface area contributed by atoms with E-state index in [0.29, 0.717) is 32.5 Å². The number of hydrogen-bond acceptors (Lipinski definition) is 2. The van der Waals surface area contributed by atoms with E-state index in [1.165, 1.54) is 0 Å². The fourth-order valence-electron chi connectivity index (χ4n) is 2.08. The van der Waals surface area contributed by atoms with Crippen molar-refractivity contribution in [2.45, 2.75) is 31.8 Å². The highest BCUT2D eigenvalue weighted by atomic mass is 35.5. The summed E-state index contributed by atoms with van der Waals surface area (Å²) >= 11 is 6.17. The van der Waals surface area contributed by atoms with Crippen LogP contribution in [0.4, 0.5) is 0 Å². The standard InChI is InChI=1S/C13H17ClO2/c1-10-2-3-11(12(14)8-10)9-13(15)4-6-16-7-5-13/h2-3,8,15H,4-7,9H2,1H3. The van der Waals surface area contributed by atoms with Crippen LogP contribution in [0.25, 0.3) is 0 Å². The molecule has 2 rings (SSSR count). The third kappa shape index (κ3) is 2.76. The first kappa shape index (κ1) is 11.9. The second-order valence-electron chi connectivity index (χ2n) is 4.61. The summed E-state index contributed by atoms with van der Waals surface area (Å²) in [4.78, 5) is 0. The van der Waals surface area contributed by atoms with E-state index in [4.69, 9.17) is 16.3 Å². The van der Waals surface area contributed by atoms with Crippen molar-refractivity contribution in [2.75, 3.05) is 13.2 Å². The average molecular weight is 241 g/mol. The Labute approximate surface area is 101 Å². The molecule has 0 unspecified atom stereocenters. The third-order valence-corrected chi connectivity index (χ3v) is 3.50. The van der Waals surface area contributed by atoms with Gasteiger partial charge in [0, 0.05) is 24.7 Å². The van der Waals surface area contributed by atoms with Gasteiger partial charge in [0.05, 0.1) is 5.60 Å². The van der Waals surface area contributed by atoms with E-state index in [0.717, 1.165) is 16.1 Å². The Balaban J connectivity index is 2.13. The molecule has 0 bridgehead atoms. The van der Waals surface area contributed by atoms with Crippen molar-refractivity contribution >= 4 is 11.6 Å². The van der Waals surface area contributed by atoms with Crippen LogP contribution in [0.15, 0.2) is 18.2 Å². The first-order chi connectivity index (χ1) is 7.59. The molecule has 1 aliphatic heterocycles. The number of benzene rings is 1. The van der Waals surface area contributed by atoms with E-state index in [2.05, 4.69) is 0 Å². The fraction of sp³-hybridized carbons (Fsp3) is 0.538. The quantitative estimate of drug-likeness (QED) is 0.862. The summed E-state index contributed by atoms with van der Waals surface area (Å²) in [7, 11) is 0. The number of hydrogen-bond donors (Lipinski definition) is 1. The predicted octanol–water partition coefficient (Wildman–Crippen LogP) is 2.73. The molecule has 0 aliphatic carbocycles. The van der Waals surface area contributed by atoms with E-state index < -0.39 is 5.60 Å². The van der Waals surface area contributed by atoms with Gasteiger partial charge in [-0.2, -0.15) is 0 Å². The first-order valence-corrected chi connectivity index (χ1v) is 6.02. The van der Waals surface area contributed by atoms with Gasteiger partial charge in [0.1, 0.15) is 0 Å². The van der Waals surface area contributed by atoms with E-state index in [1.807, 2.05) is 25.1 Å². The Kier molecular flexibility index (Phi) is 3.53. The highest BCUT2D eigenvalue weighted by Crippen LogP contribution is 2.28. The molecule has 1 N–H and O–H groups in total. The summed E-state index contributed by atoms with van der Waals surface area (Å²) in [6.07, 6.45) is 2.00. The molecule has 88 valence electrons. The minimum absolute atomic E-state index is 0.621. The number of aryl methyl sites for hydroxylation is 1. The summed E-state index contributed by atoms with van der Waals surface area (Å²) in [5, 5.41) is 11.1. The lowest BCUT2D eigenvalue weighted by atomic mass is 9.87. The molecule has 1 aliphatic rings. The lowest BCUT2D eigenvalue weighted by Gasteiger charge is -2.32. The maximum absolute atomic E-state index is 10.4. The molecular formula is C13H17ClO2. The van der Waals surface area contributed by atoms with Crippen molar-refractivity contribution in [3.8, 4) is 0 Å². The molecule has 16 heavy (non-hydrogen) atoms. The molecule has 0 spiro atoms. The maximum Gasteiger partial charge on any atom is 0.0732 e. The second-order valence-corrected chi connectivity index (χ2v) is 5.02. The molecule has 2 nitrogen and oxygen atoms in total. The maximum atomic E-state index is 10.4. The predicted molar refractivity (Wildman–Crippen MR) is 64.9 cm³/mol. The van der Waals surface area contributed by atoms with Gasteiger partial charge in [-0.3, -0.25) is 0 Å². The average Bonchev–Trinajstić information content (AvgIpc) is 2.23. The Hall–Kier alpha value is -0.570. The number of ether oxygens (including phenoxy) is 1. The molecular weight excluding hydrogens is 224 g/mol. The molecule has 0 amide bonds. The monoisotopic (exact) mass is 240 g/mol. The molecule has 1 saturated heterocycles. The van der Waals surface area contributed by atoms with E-state index in [1.54, 1.807) is 0 Å². The van der Waals surface area contributed by atoms with Gasteiger partial charge >= 0.3 is 0 Å². The zero-order valence-corrected chi connectivity index (χ0v) is 10.3. The normalized spacial score (nSPS) is 19.7. The summed E-state index contributed by atoms with van der Waals surface area (Å²) in [5.41, 5.74) is 1.53. The van der Waals surface area contributed by atoms with Crippen LogP contribution in [-0.4, -0.2) is 23.9 Å². The molecule has 0 aromatic heterocycles. The Bertz CT molecular complexity index is 370. The Morgan fingerprint density at radius 3 is 2.69 bits per heavy atom. The molecule has 1 fully saturated rings. The fourth-order valence-corrected chi connectivity index (χ4v) is 2.38. The topological polar surface area (TPSA) is 29.5 Å². The minimum atomic E-state index is -0.642. The summed E-state index contributed by atoms with van der Waals surface area (Å²) in [5.74, 6) is 0. The van der Waals surface area contributed by atoms with Crippen LogP contribution in [0.1, 0.15) is 24.0 Å². The lowest BCUT2D eigenvalue weighted by Crippen LogP contribution is -2.38. The van der Waals surface area contributed by atoms with Gasteiger partial charge in [0.25, 0.3) is 0 Å². The highest BCUT2D eigenvalue weighted by Gasteiger charge is 2.30. The van der Waals surface area contributed by atoms with Gasteiger partial charge in [-0.05, 0) is 37.0 Å². The SMILES string of the molecule is Cc1ccc(CC2(O)CCOCC2)c(Cl)c1. The van der Waals surface area contributed by atoms with Gasteiger partial charge in [0.15, 0.2) is 0 Å². The largest absolute Gasteiger partial charge is 0.389 e. The van der Waals surface area contributed by atoms with Crippen LogP contribution >= 0.6 is 11.6 Å². The number of rotatable bonds is 2. The van der Waals surface area contributed by atoms with Crippen molar-refractivity contribution in [1.82, 2.24) is 0 Å². The summed E-state index contributed by atoms with van der Waals surface area (Å²) in [6, 6.07) is 5.98. The van der Waals surface area contributed by atoms with Gasteiger partial charge in [-0.25, -0.2) is 0 Å². The van der Waals surface area contributed by atoms with E-state index >= 15 is 0 Å². The molecule has 0 saturated carbocycles. The molecule has 0 radical (unpaired) electrons. The van der Waals surface area contributed by atoms with Gasteiger partial charge in [0.2, 0.25) is 0 Å². The van der Waals surface area contributed by atoms with Crippen molar-refractivity contribution in [2.24, 2.45) is 0 Å².